The topological polar surface area (TPSA) is 67.5 Å². The van der Waals surface area contributed by atoms with Gasteiger partial charge in [0.05, 0.1) is 6.61 Å². The molecule has 1 unspecified atom stereocenters. The number of aromatic nitrogens is 2. The molecule has 6 nitrogen and oxygen atoms in total. The van der Waals surface area contributed by atoms with E-state index in [2.05, 4.69) is 33.6 Å². The van der Waals surface area contributed by atoms with Gasteiger partial charge in [-0.05, 0) is 26.4 Å². The minimum Gasteiger partial charge on any atom is -0.476 e. The lowest BCUT2D eigenvalue weighted by Crippen LogP contribution is -2.37. The summed E-state index contributed by atoms with van der Waals surface area (Å²) in [5.74, 6) is 1.29. The summed E-state index contributed by atoms with van der Waals surface area (Å²) in [6.45, 7) is 11.0. The number of ether oxygens (including phenoxy) is 1. The Bertz CT molecular complexity index is 436. The maximum Gasteiger partial charge on any atom is 0.242 e. The molecule has 0 spiro atoms. The van der Waals surface area contributed by atoms with Crippen molar-refractivity contribution in [1.29, 1.82) is 0 Å². The summed E-state index contributed by atoms with van der Waals surface area (Å²) in [6.07, 6.45) is 2.68. The zero-order valence-corrected chi connectivity index (χ0v) is 12.7. The highest BCUT2D eigenvalue weighted by atomic mass is 16.5. The van der Waals surface area contributed by atoms with Crippen LogP contribution in [-0.2, 0) is 0 Å². The van der Waals surface area contributed by atoms with Crippen LogP contribution in [0.15, 0.2) is 6.33 Å². The maximum atomic E-state index is 6.13. The zero-order valence-electron chi connectivity index (χ0n) is 12.7. The fourth-order valence-electron chi connectivity index (χ4n) is 2.85. The van der Waals surface area contributed by atoms with Crippen molar-refractivity contribution in [2.24, 2.45) is 0 Å². The van der Waals surface area contributed by atoms with Crippen LogP contribution in [-0.4, -0.2) is 53.7 Å². The highest BCUT2D eigenvalue weighted by Crippen LogP contribution is 2.30. The van der Waals surface area contributed by atoms with E-state index in [4.69, 9.17) is 10.5 Å². The van der Waals surface area contributed by atoms with Gasteiger partial charge in [0.1, 0.15) is 12.0 Å². The van der Waals surface area contributed by atoms with Gasteiger partial charge in [-0.25, -0.2) is 4.98 Å². The van der Waals surface area contributed by atoms with Crippen LogP contribution >= 0.6 is 0 Å². The second-order valence-corrected chi connectivity index (χ2v) is 4.96. The smallest absolute Gasteiger partial charge is 0.242 e. The average Bonchev–Trinajstić information content (AvgIpc) is 2.92. The number of hydrogen-bond donors (Lipinski definition) is 1. The quantitative estimate of drug-likeness (QED) is 0.848. The van der Waals surface area contributed by atoms with Gasteiger partial charge in [0.15, 0.2) is 5.82 Å². The van der Waals surface area contributed by atoms with E-state index in [9.17, 15) is 0 Å². The number of nitrogens with two attached hydrogens (primary N) is 1. The number of nitrogen functional groups attached to an aromatic ring is 1. The summed E-state index contributed by atoms with van der Waals surface area (Å²) in [5.41, 5.74) is 6.68. The van der Waals surface area contributed by atoms with Gasteiger partial charge in [-0.3, -0.25) is 4.90 Å². The molecule has 0 radical (unpaired) electrons. The van der Waals surface area contributed by atoms with Crippen LogP contribution < -0.4 is 15.4 Å². The average molecular weight is 279 g/mol. The first-order chi connectivity index (χ1) is 9.71. The van der Waals surface area contributed by atoms with Crippen LogP contribution in [0.1, 0.15) is 27.2 Å². The number of hydrogen-bond acceptors (Lipinski definition) is 6. The lowest BCUT2D eigenvalue weighted by molar-refractivity contribution is 0.232. The van der Waals surface area contributed by atoms with Crippen LogP contribution in [0, 0.1) is 0 Å². The first kappa shape index (κ1) is 14.8. The number of nitrogens with zero attached hydrogens (tertiary/aromatic N) is 4. The third-order valence-corrected chi connectivity index (χ3v) is 3.90. The molecular formula is C14H25N5O. The molecule has 0 saturated carbocycles. The second-order valence-electron chi connectivity index (χ2n) is 4.96. The molecule has 2 heterocycles. The minimum atomic E-state index is 0.490. The van der Waals surface area contributed by atoms with Crippen LogP contribution in [0.5, 0.6) is 5.88 Å². The fourth-order valence-corrected chi connectivity index (χ4v) is 2.85. The second kappa shape index (κ2) is 6.74. The van der Waals surface area contributed by atoms with Gasteiger partial charge in [-0.15, -0.1) is 0 Å². The van der Waals surface area contributed by atoms with Gasteiger partial charge in [0.2, 0.25) is 5.88 Å². The van der Waals surface area contributed by atoms with E-state index in [0.717, 1.165) is 38.4 Å². The van der Waals surface area contributed by atoms with Crippen molar-refractivity contribution >= 4 is 11.5 Å². The van der Waals surface area contributed by atoms with E-state index in [1.807, 2.05) is 6.92 Å². The van der Waals surface area contributed by atoms with E-state index in [1.54, 1.807) is 0 Å². The number of likely N-dealkylation sites (N-methyl/N-ethyl adjacent to an activating group) is 1. The van der Waals surface area contributed by atoms with Crippen LogP contribution in [0.4, 0.5) is 11.5 Å². The Balaban J connectivity index is 2.12. The summed E-state index contributed by atoms with van der Waals surface area (Å²) in [7, 11) is 0. The minimum absolute atomic E-state index is 0.490. The Morgan fingerprint density at radius 3 is 2.75 bits per heavy atom. The Hall–Kier alpha value is -1.56. The molecule has 20 heavy (non-hydrogen) atoms. The Labute approximate surface area is 120 Å². The molecular weight excluding hydrogens is 254 g/mol. The largest absolute Gasteiger partial charge is 0.476 e. The number of anilines is 2. The van der Waals surface area contributed by atoms with Crippen molar-refractivity contribution in [1.82, 2.24) is 14.9 Å². The first-order valence-corrected chi connectivity index (χ1v) is 7.43. The molecule has 0 amide bonds. The maximum absolute atomic E-state index is 6.13. The predicted molar refractivity (Wildman–Crippen MR) is 81.2 cm³/mol. The standard InChI is InChI=1S/C14H25N5O/c1-4-18(5-2)11-7-8-19(9-11)13-12(15)14(20-6-3)17-10-16-13/h10-11H,4-9,15H2,1-3H3. The first-order valence-electron chi connectivity index (χ1n) is 7.43. The molecule has 0 bridgehead atoms. The van der Waals surface area contributed by atoms with Gasteiger partial charge in [-0.1, -0.05) is 13.8 Å². The van der Waals surface area contributed by atoms with Crippen molar-refractivity contribution in [3.8, 4) is 5.88 Å². The summed E-state index contributed by atoms with van der Waals surface area (Å²) in [6, 6.07) is 0.579. The summed E-state index contributed by atoms with van der Waals surface area (Å²) in [4.78, 5) is 13.2. The van der Waals surface area contributed by atoms with Crippen LogP contribution in [0.3, 0.4) is 0 Å². The molecule has 2 rings (SSSR count). The molecule has 0 aromatic carbocycles. The lowest BCUT2D eigenvalue weighted by atomic mass is 10.2. The molecule has 1 saturated heterocycles. The zero-order chi connectivity index (χ0) is 14.5. The van der Waals surface area contributed by atoms with Gasteiger partial charge >= 0.3 is 0 Å². The SMILES string of the molecule is CCOc1ncnc(N2CCC(N(CC)CC)C2)c1N. The summed E-state index contributed by atoms with van der Waals surface area (Å²) < 4.78 is 5.44. The van der Waals surface area contributed by atoms with Crippen molar-refractivity contribution in [2.45, 2.75) is 33.2 Å². The predicted octanol–water partition coefficient (Wildman–Crippen LogP) is 1.38. The Morgan fingerprint density at radius 1 is 1.35 bits per heavy atom. The Kier molecular flexibility index (Phi) is 5.00. The number of rotatable bonds is 6. The molecule has 1 aliphatic heterocycles. The van der Waals surface area contributed by atoms with Crippen molar-refractivity contribution in [3.63, 3.8) is 0 Å². The van der Waals surface area contributed by atoms with Crippen molar-refractivity contribution in [3.05, 3.63) is 6.33 Å². The van der Waals surface area contributed by atoms with E-state index < -0.39 is 0 Å². The van der Waals surface area contributed by atoms with Gasteiger partial charge in [-0.2, -0.15) is 4.98 Å². The summed E-state index contributed by atoms with van der Waals surface area (Å²) in [5, 5.41) is 0. The van der Waals surface area contributed by atoms with Crippen LogP contribution in [0.2, 0.25) is 0 Å². The van der Waals surface area contributed by atoms with Gasteiger partial charge < -0.3 is 15.4 Å². The molecule has 1 atom stereocenters. The van der Waals surface area contributed by atoms with Crippen molar-refractivity contribution in [2.75, 3.05) is 43.4 Å². The lowest BCUT2D eigenvalue weighted by Gasteiger charge is -2.26. The highest BCUT2D eigenvalue weighted by molar-refractivity contribution is 5.68. The molecule has 2 N–H and O–H groups in total. The molecule has 112 valence electrons. The molecule has 1 aromatic rings. The van der Waals surface area contributed by atoms with E-state index in [1.165, 1.54) is 6.33 Å². The van der Waals surface area contributed by atoms with Gasteiger partial charge in [0.25, 0.3) is 0 Å². The van der Waals surface area contributed by atoms with E-state index in [0.29, 0.717) is 24.2 Å². The van der Waals surface area contributed by atoms with Crippen molar-refractivity contribution < 1.29 is 4.74 Å². The highest BCUT2D eigenvalue weighted by Gasteiger charge is 2.28. The molecule has 1 aromatic heterocycles. The third kappa shape index (κ3) is 2.95. The summed E-state index contributed by atoms with van der Waals surface area (Å²) >= 11 is 0. The van der Waals surface area contributed by atoms with Gasteiger partial charge in [0, 0.05) is 19.1 Å². The van der Waals surface area contributed by atoms with Crippen LogP contribution in [0.25, 0.3) is 0 Å². The van der Waals surface area contributed by atoms with E-state index >= 15 is 0 Å². The third-order valence-electron chi connectivity index (χ3n) is 3.90. The molecule has 1 fully saturated rings. The monoisotopic (exact) mass is 279 g/mol. The molecule has 1 aliphatic rings. The van der Waals surface area contributed by atoms with E-state index in [-0.39, 0.29) is 0 Å². The molecule has 6 heteroatoms. The Morgan fingerprint density at radius 2 is 2.10 bits per heavy atom. The molecule has 0 aliphatic carbocycles. The fraction of sp³-hybridized carbons (Fsp3) is 0.714. The normalized spacial score (nSPS) is 18.8.